The van der Waals surface area contributed by atoms with Crippen molar-refractivity contribution in [1.82, 2.24) is 0 Å². The summed E-state index contributed by atoms with van der Waals surface area (Å²) in [5.74, 6) is -1.25. The van der Waals surface area contributed by atoms with E-state index in [9.17, 15) is 20.0 Å². The predicted octanol–water partition coefficient (Wildman–Crippen LogP) is 0.352. The Morgan fingerprint density at radius 3 is 2.63 bits per heavy atom. The fourth-order valence-corrected chi connectivity index (χ4v) is 1.55. The number of phenolic OH excluding ortho intramolecular Hbond substituents is 1. The van der Waals surface area contributed by atoms with Crippen molar-refractivity contribution in [3.8, 4) is 11.5 Å². The molecule has 19 heavy (non-hydrogen) atoms. The summed E-state index contributed by atoms with van der Waals surface area (Å²) in [4.78, 5) is 21.2. The number of benzene rings is 1. The van der Waals surface area contributed by atoms with Crippen molar-refractivity contribution in [2.45, 2.75) is 12.5 Å². The predicted molar refractivity (Wildman–Crippen MR) is 65.0 cm³/mol. The van der Waals surface area contributed by atoms with Crippen LogP contribution in [0.1, 0.15) is 5.56 Å². The third-order valence-corrected chi connectivity index (χ3v) is 2.49. The first-order chi connectivity index (χ1) is 8.90. The maximum absolute atomic E-state index is 11.2. The first kappa shape index (κ1) is 14.7. The zero-order valence-corrected chi connectivity index (χ0v) is 10.5. The van der Waals surface area contributed by atoms with Crippen molar-refractivity contribution < 1.29 is 24.3 Å². The van der Waals surface area contributed by atoms with E-state index in [1.165, 1.54) is 20.3 Å². The van der Waals surface area contributed by atoms with Crippen LogP contribution >= 0.6 is 0 Å². The van der Waals surface area contributed by atoms with Gasteiger partial charge in [0.1, 0.15) is 6.04 Å². The minimum atomic E-state index is -0.946. The van der Waals surface area contributed by atoms with Gasteiger partial charge in [-0.05, 0) is 18.1 Å². The lowest BCUT2D eigenvalue weighted by molar-refractivity contribution is -0.386. The maximum Gasteiger partial charge on any atom is 0.322 e. The molecule has 0 aromatic heterocycles. The first-order valence-electron chi connectivity index (χ1n) is 5.28. The fourth-order valence-electron chi connectivity index (χ4n) is 1.55. The number of phenols is 1. The normalized spacial score (nSPS) is 11.7. The molecule has 0 aliphatic rings. The smallest absolute Gasteiger partial charge is 0.322 e. The summed E-state index contributed by atoms with van der Waals surface area (Å²) in [7, 11) is 2.46. The van der Waals surface area contributed by atoms with E-state index < -0.39 is 28.4 Å². The molecule has 3 N–H and O–H groups in total. The second kappa shape index (κ2) is 6.01. The van der Waals surface area contributed by atoms with E-state index in [-0.39, 0.29) is 12.2 Å². The average Bonchev–Trinajstić information content (AvgIpc) is 2.38. The number of hydrogen-bond acceptors (Lipinski definition) is 7. The molecule has 0 saturated heterocycles. The average molecular weight is 270 g/mol. The van der Waals surface area contributed by atoms with Crippen LogP contribution in [-0.2, 0) is 16.0 Å². The molecule has 1 aromatic rings. The largest absolute Gasteiger partial charge is 0.500 e. The molecular weight excluding hydrogens is 256 g/mol. The first-order valence-corrected chi connectivity index (χ1v) is 5.28. The van der Waals surface area contributed by atoms with Crippen LogP contribution in [0.3, 0.4) is 0 Å². The van der Waals surface area contributed by atoms with Crippen molar-refractivity contribution >= 4 is 11.7 Å². The van der Waals surface area contributed by atoms with Crippen molar-refractivity contribution in [2.24, 2.45) is 5.73 Å². The number of nitro groups is 1. The third kappa shape index (κ3) is 3.32. The van der Waals surface area contributed by atoms with E-state index >= 15 is 0 Å². The highest BCUT2D eigenvalue weighted by molar-refractivity contribution is 5.75. The molecule has 8 nitrogen and oxygen atoms in total. The van der Waals surface area contributed by atoms with Gasteiger partial charge in [0.2, 0.25) is 5.75 Å². The van der Waals surface area contributed by atoms with Gasteiger partial charge in [-0.25, -0.2) is 0 Å². The zero-order chi connectivity index (χ0) is 14.6. The highest BCUT2D eigenvalue weighted by atomic mass is 16.6. The fraction of sp³-hybridized carbons (Fsp3) is 0.364. The molecular formula is C11H14N2O6. The number of ether oxygens (including phenoxy) is 2. The molecule has 0 heterocycles. The SMILES string of the molecule is COC(=O)C(N)Cc1cc(OC)c(O)c([N+](=O)[O-])c1. The molecule has 0 aliphatic carbocycles. The van der Waals surface area contributed by atoms with Gasteiger partial charge in [-0.3, -0.25) is 14.9 Å². The Bertz CT molecular complexity index is 502. The third-order valence-electron chi connectivity index (χ3n) is 2.49. The number of nitrogens with two attached hydrogens (primary N) is 1. The van der Waals surface area contributed by atoms with Gasteiger partial charge in [-0.2, -0.15) is 0 Å². The molecule has 1 unspecified atom stereocenters. The van der Waals surface area contributed by atoms with E-state index in [0.717, 1.165) is 6.07 Å². The number of esters is 1. The van der Waals surface area contributed by atoms with E-state index in [1.54, 1.807) is 0 Å². The minimum Gasteiger partial charge on any atom is -0.500 e. The topological polar surface area (TPSA) is 125 Å². The molecule has 0 radical (unpaired) electrons. The Labute approximate surface area is 108 Å². The number of carbonyl (C=O) groups is 1. The summed E-state index contributed by atoms with van der Waals surface area (Å²) >= 11 is 0. The molecule has 0 fully saturated rings. The summed E-state index contributed by atoms with van der Waals surface area (Å²) < 4.78 is 9.30. The van der Waals surface area contributed by atoms with Crippen LogP contribution in [0.4, 0.5) is 5.69 Å². The van der Waals surface area contributed by atoms with E-state index in [2.05, 4.69) is 4.74 Å². The number of methoxy groups -OCH3 is 2. The second-order valence-electron chi connectivity index (χ2n) is 3.76. The van der Waals surface area contributed by atoms with Crippen LogP contribution in [0.25, 0.3) is 0 Å². The van der Waals surface area contributed by atoms with Gasteiger partial charge in [0.15, 0.2) is 5.75 Å². The Morgan fingerprint density at radius 1 is 1.53 bits per heavy atom. The molecule has 1 rings (SSSR count). The van der Waals surface area contributed by atoms with Crippen LogP contribution < -0.4 is 10.5 Å². The molecule has 0 saturated carbocycles. The number of rotatable bonds is 5. The number of nitro benzene ring substituents is 1. The number of nitrogens with zero attached hydrogens (tertiary/aromatic N) is 1. The van der Waals surface area contributed by atoms with E-state index in [0.29, 0.717) is 5.56 Å². The van der Waals surface area contributed by atoms with Crippen LogP contribution in [0, 0.1) is 10.1 Å². The van der Waals surface area contributed by atoms with Gasteiger partial charge >= 0.3 is 11.7 Å². The highest BCUT2D eigenvalue weighted by Crippen LogP contribution is 2.37. The lowest BCUT2D eigenvalue weighted by Gasteiger charge is -2.11. The van der Waals surface area contributed by atoms with Gasteiger partial charge in [-0.1, -0.05) is 0 Å². The monoisotopic (exact) mass is 270 g/mol. The number of aromatic hydroxyl groups is 1. The van der Waals surface area contributed by atoms with Gasteiger partial charge in [-0.15, -0.1) is 0 Å². The molecule has 1 aromatic carbocycles. The molecule has 1 atom stereocenters. The summed E-state index contributed by atoms with van der Waals surface area (Å²) in [6.07, 6.45) is 0.0319. The van der Waals surface area contributed by atoms with Crippen molar-refractivity contribution in [3.05, 3.63) is 27.8 Å². The van der Waals surface area contributed by atoms with Gasteiger partial charge in [0, 0.05) is 6.07 Å². The van der Waals surface area contributed by atoms with E-state index in [1.807, 2.05) is 0 Å². The second-order valence-corrected chi connectivity index (χ2v) is 3.76. The van der Waals surface area contributed by atoms with Crippen LogP contribution in [0.15, 0.2) is 12.1 Å². The Morgan fingerprint density at radius 2 is 2.16 bits per heavy atom. The van der Waals surface area contributed by atoms with Gasteiger partial charge in [0.25, 0.3) is 0 Å². The molecule has 0 bridgehead atoms. The van der Waals surface area contributed by atoms with Crippen LogP contribution in [0.2, 0.25) is 0 Å². The Kier molecular flexibility index (Phi) is 4.65. The maximum atomic E-state index is 11.2. The van der Waals surface area contributed by atoms with Crippen molar-refractivity contribution in [3.63, 3.8) is 0 Å². The van der Waals surface area contributed by atoms with Gasteiger partial charge < -0.3 is 20.3 Å². The molecule has 0 spiro atoms. The highest BCUT2D eigenvalue weighted by Gasteiger charge is 2.22. The summed E-state index contributed by atoms with van der Waals surface area (Å²) in [5, 5.41) is 20.4. The molecule has 104 valence electrons. The Balaban J connectivity index is 3.12. The van der Waals surface area contributed by atoms with Crippen molar-refractivity contribution in [2.75, 3.05) is 14.2 Å². The minimum absolute atomic E-state index is 0.0319. The Hall–Kier alpha value is -2.35. The zero-order valence-electron chi connectivity index (χ0n) is 10.5. The van der Waals surface area contributed by atoms with Gasteiger partial charge in [0.05, 0.1) is 19.1 Å². The summed E-state index contributed by atoms with van der Waals surface area (Å²) in [6, 6.07) is 1.57. The molecule has 0 amide bonds. The van der Waals surface area contributed by atoms with Crippen molar-refractivity contribution in [1.29, 1.82) is 0 Å². The van der Waals surface area contributed by atoms with Crippen LogP contribution in [0.5, 0.6) is 11.5 Å². The quantitative estimate of drug-likeness (QED) is 0.449. The number of carbonyl (C=O) groups excluding carboxylic acids is 1. The lowest BCUT2D eigenvalue weighted by atomic mass is 10.0. The summed E-state index contributed by atoms with van der Waals surface area (Å²) in [6.45, 7) is 0. The van der Waals surface area contributed by atoms with Crippen LogP contribution in [-0.4, -0.2) is 36.3 Å². The molecule has 0 aliphatic heterocycles. The lowest BCUT2D eigenvalue weighted by Crippen LogP contribution is -2.33. The molecule has 8 heteroatoms. The van der Waals surface area contributed by atoms with E-state index in [4.69, 9.17) is 10.5 Å². The standard InChI is InChI=1S/C11H14N2O6/c1-18-9-5-6(3-7(12)11(15)19-2)4-8(10(9)14)13(16)17/h4-5,7,14H,3,12H2,1-2H3. The summed E-state index contributed by atoms with van der Waals surface area (Å²) in [5.41, 5.74) is 5.45. The number of hydrogen-bond donors (Lipinski definition) is 2.